The lowest BCUT2D eigenvalue weighted by molar-refractivity contribution is 0.218. The molecule has 6 heteroatoms. The molecule has 0 aliphatic carbocycles. The summed E-state index contributed by atoms with van der Waals surface area (Å²) in [6, 6.07) is 6.14. The van der Waals surface area contributed by atoms with Gasteiger partial charge in [-0.2, -0.15) is 0 Å². The highest BCUT2D eigenvalue weighted by atomic mass is 16.5. The van der Waals surface area contributed by atoms with Crippen LogP contribution in [0.1, 0.15) is 18.0 Å². The third kappa shape index (κ3) is 3.04. The number of hydrogen-bond acceptors (Lipinski definition) is 6. The van der Waals surface area contributed by atoms with Gasteiger partial charge in [0.1, 0.15) is 0 Å². The van der Waals surface area contributed by atoms with Crippen molar-refractivity contribution in [1.29, 1.82) is 0 Å². The number of nitrogens with two attached hydrogens (primary N) is 1. The van der Waals surface area contributed by atoms with Crippen LogP contribution in [0.25, 0.3) is 11.0 Å². The maximum Gasteiger partial charge on any atom is 0.213 e. The molecule has 22 heavy (non-hydrogen) atoms. The number of pyridine rings is 2. The SMILES string of the molecule is COc1ccc2nccc(C3CNCCCN3CCN)c2n1. The van der Waals surface area contributed by atoms with E-state index in [2.05, 4.69) is 26.3 Å². The van der Waals surface area contributed by atoms with E-state index >= 15 is 0 Å². The van der Waals surface area contributed by atoms with Crippen molar-refractivity contribution < 1.29 is 4.74 Å². The molecule has 1 saturated heterocycles. The first kappa shape index (κ1) is 15.1. The predicted octanol–water partition coefficient (Wildman–Crippen LogP) is 0.933. The lowest BCUT2D eigenvalue weighted by Crippen LogP contribution is -2.36. The third-order valence-electron chi connectivity index (χ3n) is 4.15. The summed E-state index contributed by atoms with van der Waals surface area (Å²) in [7, 11) is 1.64. The Morgan fingerprint density at radius 2 is 2.32 bits per heavy atom. The van der Waals surface area contributed by atoms with Gasteiger partial charge in [-0.25, -0.2) is 4.98 Å². The van der Waals surface area contributed by atoms with Crippen LogP contribution in [0, 0.1) is 0 Å². The van der Waals surface area contributed by atoms with Crippen LogP contribution in [0.5, 0.6) is 5.88 Å². The van der Waals surface area contributed by atoms with Crippen LogP contribution in [0.15, 0.2) is 24.4 Å². The van der Waals surface area contributed by atoms with Crippen molar-refractivity contribution in [3.05, 3.63) is 30.0 Å². The van der Waals surface area contributed by atoms with Crippen molar-refractivity contribution in [2.75, 3.05) is 39.8 Å². The Labute approximate surface area is 130 Å². The highest BCUT2D eigenvalue weighted by molar-refractivity contribution is 5.78. The van der Waals surface area contributed by atoms with Crippen molar-refractivity contribution >= 4 is 11.0 Å². The lowest BCUT2D eigenvalue weighted by Gasteiger charge is -2.30. The highest BCUT2D eigenvalue weighted by Crippen LogP contribution is 2.28. The summed E-state index contributed by atoms with van der Waals surface area (Å²) < 4.78 is 5.28. The minimum atomic E-state index is 0.260. The van der Waals surface area contributed by atoms with Gasteiger partial charge >= 0.3 is 0 Å². The molecule has 0 bridgehead atoms. The second-order valence-corrected chi connectivity index (χ2v) is 5.52. The van der Waals surface area contributed by atoms with Gasteiger partial charge in [0.15, 0.2) is 0 Å². The van der Waals surface area contributed by atoms with Gasteiger partial charge in [-0.15, -0.1) is 0 Å². The van der Waals surface area contributed by atoms with Gasteiger partial charge in [0.25, 0.3) is 0 Å². The molecule has 1 aliphatic rings. The van der Waals surface area contributed by atoms with Crippen molar-refractivity contribution in [2.24, 2.45) is 5.73 Å². The number of aromatic nitrogens is 2. The fourth-order valence-electron chi connectivity index (χ4n) is 3.08. The summed E-state index contributed by atoms with van der Waals surface area (Å²) in [5.41, 5.74) is 8.80. The molecular formula is C16H23N5O. The molecule has 3 N–H and O–H groups in total. The van der Waals surface area contributed by atoms with Crippen LogP contribution < -0.4 is 15.8 Å². The Kier molecular flexibility index (Phi) is 4.82. The first-order valence-corrected chi connectivity index (χ1v) is 7.78. The number of nitrogens with one attached hydrogen (secondary N) is 1. The van der Waals surface area contributed by atoms with Crippen LogP contribution in [-0.4, -0.2) is 54.7 Å². The van der Waals surface area contributed by atoms with Gasteiger partial charge in [0.05, 0.1) is 18.1 Å². The van der Waals surface area contributed by atoms with Crippen molar-refractivity contribution in [1.82, 2.24) is 20.2 Å². The normalized spacial score (nSPS) is 20.0. The number of hydrogen-bond donors (Lipinski definition) is 2. The van der Waals surface area contributed by atoms with E-state index in [-0.39, 0.29) is 6.04 Å². The van der Waals surface area contributed by atoms with E-state index < -0.39 is 0 Å². The third-order valence-corrected chi connectivity index (χ3v) is 4.15. The summed E-state index contributed by atoms with van der Waals surface area (Å²) in [5.74, 6) is 0.619. The molecular weight excluding hydrogens is 278 g/mol. The van der Waals surface area contributed by atoms with Gasteiger partial charge in [-0.1, -0.05) is 0 Å². The smallest absolute Gasteiger partial charge is 0.213 e. The van der Waals surface area contributed by atoms with E-state index in [9.17, 15) is 0 Å². The molecule has 0 radical (unpaired) electrons. The number of nitrogens with zero attached hydrogens (tertiary/aromatic N) is 3. The standard InChI is InChI=1S/C16H23N5O/c1-22-15-4-3-13-16(20-15)12(5-8-19-13)14-11-18-7-2-9-21(14)10-6-17/h3-5,8,14,18H,2,6-7,9-11,17H2,1H3. The molecule has 1 atom stereocenters. The summed E-state index contributed by atoms with van der Waals surface area (Å²) in [5, 5.41) is 3.52. The van der Waals surface area contributed by atoms with E-state index in [1.807, 2.05) is 18.3 Å². The first-order valence-electron chi connectivity index (χ1n) is 7.78. The summed E-state index contributed by atoms with van der Waals surface area (Å²) in [6.45, 7) is 4.54. The van der Waals surface area contributed by atoms with Crippen LogP contribution in [0.2, 0.25) is 0 Å². The second-order valence-electron chi connectivity index (χ2n) is 5.52. The second kappa shape index (κ2) is 7.00. The zero-order valence-electron chi connectivity index (χ0n) is 13.0. The Bertz CT molecular complexity index is 633. The monoisotopic (exact) mass is 301 g/mol. The van der Waals surface area contributed by atoms with Crippen LogP contribution in [-0.2, 0) is 0 Å². The average molecular weight is 301 g/mol. The van der Waals surface area contributed by atoms with Crippen LogP contribution in [0.3, 0.4) is 0 Å². The molecule has 6 nitrogen and oxygen atoms in total. The topological polar surface area (TPSA) is 76.3 Å². The number of fused-ring (bicyclic) bond motifs is 1. The highest BCUT2D eigenvalue weighted by Gasteiger charge is 2.24. The number of methoxy groups -OCH3 is 1. The maximum atomic E-state index is 5.80. The molecule has 0 amide bonds. The molecule has 1 aliphatic heterocycles. The fraction of sp³-hybridized carbons (Fsp3) is 0.500. The van der Waals surface area contributed by atoms with Crippen molar-refractivity contribution in [3.63, 3.8) is 0 Å². The zero-order chi connectivity index (χ0) is 15.4. The van der Waals surface area contributed by atoms with Gasteiger partial charge in [-0.3, -0.25) is 9.88 Å². The van der Waals surface area contributed by atoms with Crippen molar-refractivity contribution in [3.8, 4) is 5.88 Å². The molecule has 3 heterocycles. The molecule has 2 aromatic rings. The first-order chi connectivity index (χ1) is 10.8. The van der Waals surface area contributed by atoms with E-state index in [1.165, 1.54) is 5.56 Å². The molecule has 1 fully saturated rings. The number of ether oxygens (including phenoxy) is 1. The molecule has 0 spiro atoms. The summed E-state index contributed by atoms with van der Waals surface area (Å²) >= 11 is 0. The van der Waals surface area contributed by atoms with Crippen LogP contribution >= 0.6 is 0 Å². The minimum absolute atomic E-state index is 0.260. The Balaban J connectivity index is 2.05. The lowest BCUT2D eigenvalue weighted by atomic mass is 10.0. The van der Waals surface area contributed by atoms with Gasteiger partial charge in [0, 0.05) is 50.0 Å². The van der Waals surface area contributed by atoms with Gasteiger partial charge in [-0.05, 0) is 25.1 Å². The van der Waals surface area contributed by atoms with E-state index in [1.54, 1.807) is 7.11 Å². The summed E-state index contributed by atoms with van der Waals surface area (Å²) in [6.07, 6.45) is 2.99. The Morgan fingerprint density at radius 1 is 1.41 bits per heavy atom. The average Bonchev–Trinajstić information content (AvgIpc) is 2.79. The van der Waals surface area contributed by atoms with E-state index in [4.69, 9.17) is 10.5 Å². The van der Waals surface area contributed by atoms with Crippen LogP contribution in [0.4, 0.5) is 0 Å². The molecule has 3 rings (SSSR count). The largest absolute Gasteiger partial charge is 0.481 e. The predicted molar refractivity (Wildman–Crippen MR) is 86.9 cm³/mol. The molecule has 1 unspecified atom stereocenters. The zero-order valence-corrected chi connectivity index (χ0v) is 13.0. The quantitative estimate of drug-likeness (QED) is 0.875. The van der Waals surface area contributed by atoms with Gasteiger partial charge < -0.3 is 15.8 Å². The van der Waals surface area contributed by atoms with Crippen molar-refractivity contribution in [2.45, 2.75) is 12.5 Å². The molecule has 118 valence electrons. The number of rotatable bonds is 4. The minimum Gasteiger partial charge on any atom is -0.481 e. The Hall–Kier alpha value is -1.76. The maximum absolute atomic E-state index is 5.80. The Morgan fingerprint density at radius 3 is 3.14 bits per heavy atom. The van der Waals surface area contributed by atoms with Gasteiger partial charge in [0.2, 0.25) is 5.88 Å². The van der Waals surface area contributed by atoms with E-state index in [0.29, 0.717) is 12.4 Å². The van der Waals surface area contributed by atoms with E-state index in [0.717, 1.165) is 43.6 Å². The summed E-state index contributed by atoms with van der Waals surface area (Å²) in [4.78, 5) is 11.5. The molecule has 2 aromatic heterocycles. The fourth-order valence-corrected chi connectivity index (χ4v) is 3.08. The molecule has 0 aromatic carbocycles. The molecule has 0 saturated carbocycles.